The smallest absolute Gasteiger partial charge is 0.254 e. The molecule has 1 fully saturated rings. The number of rotatable bonds is 3. The lowest BCUT2D eigenvalue weighted by Crippen LogP contribution is -2.51. The number of hydrogen-bond donors (Lipinski definition) is 1. The van der Waals surface area contributed by atoms with Crippen molar-refractivity contribution >= 4 is 16.9 Å². The number of carbonyl (C=O) groups excluding carboxylic acids is 1. The van der Waals surface area contributed by atoms with Crippen molar-refractivity contribution < 1.29 is 4.79 Å². The highest BCUT2D eigenvalue weighted by atomic mass is 16.2. The molecule has 0 bridgehead atoms. The lowest BCUT2D eigenvalue weighted by Gasteiger charge is -2.32. The van der Waals surface area contributed by atoms with E-state index in [4.69, 9.17) is 4.98 Å². The third kappa shape index (κ3) is 3.32. The first kappa shape index (κ1) is 17.7. The summed E-state index contributed by atoms with van der Waals surface area (Å²) in [5.74, 6) is 0.0521. The monoisotopic (exact) mass is 363 g/mol. The Balaban J connectivity index is 1.86. The summed E-state index contributed by atoms with van der Waals surface area (Å²) in [6.07, 6.45) is 1.77. The number of piperazine rings is 1. The summed E-state index contributed by atoms with van der Waals surface area (Å²) in [4.78, 5) is 20.1. The molecule has 0 saturated carbocycles. The van der Waals surface area contributed by atoms with Crippen molar-refractivity contribution in [2.75, 3.05) is 19.6 Å². The van der Waals surface area contributed by atoms with Crippen LogP contribution in [0.15, 0.2) is 42.6 Å². The molecule has 3 heterocycles. The molecule has 0 radical (unpaired) electrons. The molecule has 1 atom stereocenters. The molecule has 1 N–H and O–H groups in total. The van der Waals surface area contributed by atoms with Crippen LogP contribution in [-0.4, -0.2) is 51.2 Å². The average molecular weight is 363 g/mol. The van der Waals surface area contributed by atoms with E-state index in [1.54, 1.807) is 6.20 Å². The van der Waals surface area contributed by atoms with Crippen molar-refractivity contribution in [2.45, 2.75) is 32.9 Å². The van der Waals surface area contributed by atoms with Gasteiger partial charge in [-0.05, 0) is 26.8 Å². The van der Waals surface area contributed by atoms with E-state index in [0.717, 1.165) is 28.8 Å². The summed E-state index contributed by atoms with van der Waals surface area (Å²) in [7, 11) is 0. The number of benzene rings is 1. The van der Waals surface area contributed by atoms with Crippen molar-refractivity contribution in [3.05, 3.63) is 48.2 Å². The molecule has 27 heavy (non-hydrogen) atoms. The van der Waals surface area contributed by atoms with E-state index in [9.17, 15) is 4.79 Å². The summed E-state index contributed by atoms with van der Waals surface area (Å²) in [6, 6.07) is 12.4. The number of aromatic nitrogens is 3. The average Bonchev–Trinajstić information content (AvgIpc) is 3.11. The van der Waals surface area contributed by atoms with Crippen LogP contribution in [0.2, 0.25) is 0 Å². The number of nitrogens with zero attached hydrogens (tertiary/aromatic N) is 4. The van der Waals surface area contributed by atoms with Crippen molar-refractivity contribution in [3.63, 3.8) is 0 Å². The number of nitrogens with one attached hydrogen (secondary N) is 1. The number of hydrogen-bond acceptors (Lipinski definition) is 4. The van der Waals surface area contributed by atoms with Gasteiger partial charge in [0.1, 0.15) is 0 Å². The largest absolute Gasteiger partial charge is 0.336 e. The van der Waals surface area contributed by atoms with Gasteiger partial charge in [-0.2, -0.15) is 5.10 Å². The number of carbonyl (C=O) groups is 1. The van der Waals surface area contributed by atoms with Gasteiger partial charge in [0.15, 0.2) is 5.65 Å². The van der Waals surface area contributed by atoms with E-state index in [1.807, 2.05) is 46.0 Å². The van der Waals surface area contributed by atoms with Gasteiger partial charge in [-0.3, -0.25) is 4.79 Å². The molecule has 0 aliphatic carbocycles. The SMILES string of the molecule is CC1CN(C(=O)c2cc(-c3ccccc3)nc3c2cnn3C(C)C)CCN1. The van der Waals surface area contributed by atoms with Crippen LogP contribution in [0.5, 0.6) is 0 Å². The van der Waals surface area contributed by atoms with Gasteiger partial charge in [0.25, 0.3) is 5.91 Å². The van der Waals surface area contributed by atoms with Crippen LogP contribution in [0.25, 0.3) is 22.3 Å². The zero-order valence-electron chi connectivity index (χ0n) is 16.0. The maximum atomic E-state index is 13.4. The molecule has 1 unspecified atom stereocenters. The molecule has 1 aromatic carbocycles. The fourth-order valence-electron chi connectivity index (χ4n) is 3.62. The number of fused-ring (bicyclic) bond motifs is 1. The molecule has 1 aliphatic heterocycles. The molecular formula is C21H25N5O. The zero-order chi connectivity index (χ0) is 19.0. The summed E-state index contributed by atoms with van der Waals surface area (Å²) < 4.78 is 1.89. The highest BCUT2D eigenvalue weighted by Crippen LogP contribution is 2.27. The Bertz CT molecular complexity index is 963. The summed E-state index contributed by atoms with van der Waals surface area (Å²) in [6.45, 7) is 8.49. The predicted molar refractivity (Wildman–Crippen MR) is 107 cm³/mol. The molecule has 6 nitrogen and oxygen atoms in total. The zero-order valence-corrected chi connectivity index (χ0v) is 16.0. The Hall–Kier alpha value is -2.73. The Kier molecular flexibility index (Phi) is 4.66. The van der Waals surface area contributed by atoms with Crippen LogP contribution >= 0.6 is 0 Å². The van der Waals surface area contributed by atoms with E-state index < -0.39 is 0 Å². The third-order valence-corrected chi connectivity index (χ3v) is 5.01. The van der Waals surface area contributed by atoms with E-state index in [-0.39, 0.29) is 11.9 Å². The maximum absolute atomic E-state index is 13.4. The Morgan fingerprint density at radius 2 is 2.04 bits per heavy atom. The standard InChI is InChI=1S/C21H25N5O/c1-14(2)26-20-18(12-23-26)17(21(27)25-10-9-22-15(3)13-25)11-19(24-20)16-7-5-4-6-8-16/h4-8,11-12,14-15,22H,9-10,13H2,1-3H3. The third-order valence-electron chi connectivity index (χ3n) is 5.01. The van der Waals surface area contributed by atoms with Crippen molar-refractivity contribution in [3.8, 4) is 11.3 Å². The number of pyridine rings is 1. The van der Waals surface area contributed by atoms with Crippen LogP contribution in [0.1, 0.15) is 37.2 Å². The molecule has 0 spiro atoms. The normalized spacial score (nSPS) is 17.6. The number of amides is 1. The lowest BCUT2D eigenvalue weighted by atomic mass is 10.1. The summed E-state index contributed by atoms with van der Waals surface area (Å²) >= 11 is 0. The van der Waals surface area contributed by atoms with Crippen molar-refractivity contribution in [2.24, 2.45) is 0 Å². The first-order valence-electron chi connectivity index (χ1n) is 9.51. The minimum Gasteiger partial charge on any atom is -0.336 e. The molecule has 4 rings (SSSR count). The lowest BCUT2D eigenvalue weighted by molar-refractivity contribution is 0.0711. The molecular weight excluding hydrogens is 338 g/mol. The molecule has 1 amide bonds. The van der Waals surface area contributed by atoms with Crippen LogP contribution in [0.3, 0.4) is 0 Å². The van der Waals surface area contributed by atoms with E-state index >= 15 is 0 Å². The van der Waals surface area contributed by atoms with E-state index in [2.05, 4.69) is 31.2 Å². The fraction of sp³-hybridized carbons (Fsp3) is 0.381. The van der Waals surface area contributed by atoms with Crippen molar-refractivity contribution in [1.82, 2.24) is 25.0 Å². The fourth-order valence-corrected chi connectivity index (χ4v) is 3.62. The van der Waals surface area contributed by atoms with Gasteiger partial charge in [0.05, 0.1) is 22.8 Å². The Labute approximate surface area is 159 Å². The Morgan fingerprint density at radius 1 is 1.26 bits per heavy atom. The van der Waals surface area contributed by atoms with Crippen LogP contribution in [0, 0.1) is 0 Å². The minimum atomic E-state index is 0.0521. The Morgan fingerprint density at radius 3 is 2.74 bits per heavy atom. The highest BCUT2D eigenvalue weighted by molar-refractivity contribution is 6.06. The van der Waals surface area contributed by atoms with Gasteiger partial charge in [-0.15, -0.1) is 0 Å². The quantitative estimate of drug-likeness (QED) is 0.777. The topological polar surface area (TPSA) is 63.1 Å². The van der Waals surface area contributed by atoms with E-state index in [1.165, 1.54) is 0 Å². The first-order valence-corrected chi connectivity index (χ1v) is 9.51. The minimum absolute atomic E-state index is 0.0521. The summed E-state index contributed by atoms with van der Waals surface area (Å²) in [5.41, 5.74) is 3.24. The second-order valence-corrected chi connectivity index (χ2v) is 7.45. The van der Waals surface area contributed by atoms with Crippen LogP contribution in [0.4, 0.5) is 0 Å². The van der Waals surface area contributed by atoms with Gasteiger partial charge in [-0.1, -0.05) is 30.3 Å². The molecule has 3 aromatic rings. The first-order chi connectivity index (χ1) is 13.0. The molecule has 2 aromatic heterocycles. The highest BCUT2D eigenvalue weighted by Gasteiger charge is 2.25. The molecule has 1 saturated heterocycles. The van der Waals surface area contributed by atoms with Crippen LogP contribution < -0.4 is 5.32 Å². The van der Waals surface area contributed by atoms with Gasteiger partial charge < -0.3 is 10.2 Å². The van der Waals surface area contributed by atoms with Crippen LogP contribution in [-0.2, 0) is 0 Å². The maximum Gasteiger partial charge on any atom is 0.254 e. The molecule has 140 valence electrons. The van der Waals surface area contributed by atoms with Gasteiger partial charge in [0, 0.05) is 37.3 Å². The second kappa shape index (κ2) is 7.12. The van der Waals surface area contributed by atoms with E-state index in [0.29, 0.717) is 24.7 Å². The van der Waals surface area contributed by atoms with Gasteiger partial charge >= 0.3 is 0 Å². The molecule has 6 heteroatoms. The second-order valence-electron chi connectivity index (χ2n) is 7.45. The van der Waals surface area contributed by atoms with Crippen molar-refractivity contribution in [1.29, 1.82) is 0 Å². The van der Waals surface area contributed by atoms with Gasteiger partial charge in [0.2, 0.25) is 0 Å². The van der Waals surface area contributed by atoms with Gasteiger partial charge in [-0.25, -0.2) is 9.67 Å². The summed E-state index contributed by atoms with van der Waals surface area (Å²) in [5, 5.41) is 8.71. The molecule has 1 aliphatic rings. The predicted octanol–water partition coefficient (Wildman–Crippen LogP) is 3.11.